The predicted molar refractivity (Wildman–Crippen MR) is 106 cm³/mol. The number of esters is 1. The maximum atomic E-state index is 13.1. The van der Waals surface area contributed by atoms with Gasteiger partial charge in [-0.15, -0.1) is 0 Å². The molecule has 8 heteroatoms. The molecular formula is C21H21N3O5. The third kappa shape index (κ3) is 2.83. The van der Waals surface area contributed by atoms with Crippen LogP contribution >= 0.6 is 0 Å². The molecular weight excluding hydrogens is 374 g/mol. The summed E-state index contributed by atoms with van der Waals surface area (Å²) >= 11 is 0. The van der Waals surface area contributed by atoms with Crippen molar-refractivity contribution in [3.05, 3.63) is 73.1 Å². The zero-order valence-electron chi connectivity index (χ0n) is 16.4. The second-order valence-electron chi connectivity index (χ2n) is 7.31. The lowest BCUT2D eigenvalue weighted by molar-refractivity contribution is -0.116. The third-order valence-electron chi connectivity index (χ3n) is 5.67. The van der Waals surface area contributed by atoms with Crippen LogP contribution in [0, 0.1) is 0 Å². The Hall–Kier alpha value is -3.42. The van der Waals surface area contributed by atoms with Gasteiger partial charge in [0.2, 0.25) is 0 Å². The lowest BCUT2D eigenvalue weighted by atomic mass is 9.76. The standard InChI is InChI=1S/C21H21N3O5/c1-23-18-17(19(26)24(2)21(23)28)15(16-13(22-18)5-4-6-14(16)25)11-7-9-12(10-8-11)20(27)29-3/h7-10,15,22H,4-6H2,1-3H3/t15-/m1/s1. The number of hydrogen-bond donors (Lipinski definition) is 1. The van der Waals surface area contributed by atoms with Crippen molar-refractivity contribution < 1.29 is 14.3 Å². The van der Waals surface area contributed by atoms with Crippen molar-refractivity contribution in [2.45, 2.75) is 25.2 Å². The summed E-state index contributed by atoms with van der Waals surface area (Å²) in [5.41, 5.74) is 1.87. The molecule has 0 bridgehead atoms. The monoisotopic (exact) mass is 395 g/mol. The van der Waals surface area contributed by atoms with Crippen LogP contribution in [0.1, 0.15) is 46.7 Å². The first kappa shape index (κ1) is 18.9. The summed E-state index contributed by atoms with van der Waals surface area (Å²) < 4.78 is 7.19. The number of carbonyl (C=O) groups excluding carboxylic acids is 2. The van der Waals surface area contributed by atoms with Crippen molar-refractivity contribution in [3.8, 4) is 0 Å². The maximum absolute atomic E-state index is 13.1. The molecule has 1 aromatic carbocycles. The Morgan fingerprint density at radius 3 is 2.41 bits per heavy atom. The Morgan fingerprint density at radius 1 is 1.07 bits per heavy atom. The summed E-state index contributed by atoms with van der Waals surface area (Å²) in [6, 6.07) is 6.68. The highest BCUT2D eigenvalue weighted by Crippen LogP contribution is 2.43. The molecule has 0 amide bonds. The number of nitrogens with zero attached hydrogens (tertiary/aromatic N) is 2. The summed E-state index contributed by atoms with van der Waals surface area (Å²) in [6.07, 6.45) is 1.80. The SMILES string of the molecule is COC(=O)c1ccc([C@@H]2C3=C(CCCC3=O)Nc3c2c(=O)n(C)c(=O)n3C)cc1. The molecule has 150 valence electrons. The van der Waals surface area contributed by atoms with Gasteiger partial charge < -0.3 is 10.1 Å². The van der Waals surface area contributed by atoms with Crippen LogP contribution in [0.4, 0.5) is 5.82 Å². The molecule has 1 N–H and O–H groups in total. The number of hydrogen-bond acceptors (Lipinski definition) is 6. The highest BCUT2D eigenvalue weighted by atomic mass is 16.5. The number of aromatic nitrogens is 2. The molecule has 0 unspecified atom stereocenters. The van der Waals surface area contributed by atoms with E-state index < -0.39 is 23.1 Å². The molecule has 1 aromatic heterocycles. The van der Waals surface area contributed by atoms with Crippen molar-refractivity contribution in [1.29, 1.82) is 0 Å². The van der Waals surface area contributed by atoms with E-state index in [1.807, 2.05) is 0 Å². The fourth-order valence-electron chi connectivity index (χ4n) is 4.16. The zero-order chi connectivity index (χ0) is 20.9. The van der Waals surface area contributed by atoms with Gasteiger partial charge in [-0.2, -0.15) is 0 Å². The fraction of sp³-hybridized carbons (Fsp3) is 0.333. The van der Waals surface area contributed by atoms with Gasteiger partial charge >= 0.3 is 11.7 Å². The number of Topliss-reactive ketones (excluding diaryl/α,β-unsaturated/α-hetero) is 1. The lowest BCUT2D eigenvalue weighted by Gasteiger charge is -2.34. The van der Waals surface area contributed by atoms with Crippen LogP contribution in [0.2, 0.25) is 0 Å². The lowest BCUT2D eigenvalue weighted by Crippen LogP contribution is -2.44. The van der Waals surface area contributed by atoms with Crippen molar-refractivity contribution in [1.82, 2.24) is 9.13 Å². The van der Waals surface area contributed by atoms with Crippen LogP contribution in [0.15, 0.2) is 45.1 Å². The van der Waals surface area contributed by atoms with Gasteiger partial charge in [-0.05, 0) is 30.5 Å². The Kier molecular flexibility index (Phi) is 4.49. The van der Waals surface area contributed by atoms with E-state index in [1.54, 1.807) is 31.3 Å². The molecule has 2 aliphatic rings. The number of fused-ring (bicyclic) bond motifs is 1. The Labute approximate surface area is 166 Å². The van der Waals surface area contributed by atoms with Crippen LogP contribution in [0.5, 0.6) is 0 Å². The average Bonchev–Trinajstić information content (AvgIpc) is 2.74. The number of methoxy groups -OCH3 is 1. The first-order valence-corrected chi connectivity index (χ1v) is 9.36. The second-order valence-corrected chi connectivity index (χ2v) is 7.31. The van der Waals surface area contributed by atoms with Gasteiger partial charge in [0.25, 0.3) is 5.56 Å². The van der Waals surface area contributed by atoms with E-state index in [9.17, 15) is 19.2 Å². The van der Waals surface area contributed by atoms with E-state index >= 15 is 0 Å². The number of allylic oxidation sites excluding steroid dienone is 2. The summed E-state index contributed by atoms with van der Waals surface area (Å²) in [5, 5.41) is 3.18. The second kappa shape index (κ2) is 6.88. The van der Waals surface area contributed by atoms with Gasteiger partial charge in [0.1, 0.15) is 5.82 Å². The summed E-state index contributed by atoms with van der Waals surface area (Å²) in [4.78, 5) is 50.1. The highest BCUT2D eigenvalue weighted by molar-refractivity contribution is 6.01. The van der Waals surface area contributed by atoms with E-state index in [4.69, 9.17) is 4.74 Å². The number of rotatable bonds is 2. The molecule has 2 heterocycles. The minimum Gasteiger partial charge on any atom is -0.465 e. The highest BCUT2D eigenvalue weighted by Gasteiger charge is 2.38. The van der Waals surface area contributed by atoms with Crippen LogP contribution in [-0.4, -0.2) is 28.0 Å². The molecule has 29 heavy (non-hydrogen) atoms. The van der Waals surface area contributed by atoms with Gasteiger partial charge in [-0.1, -0.05) is 12.1 Å². The number of nitrogens with one attached hydrogen (secondary N) is 1. The van der Waals surface area contributed by atoms with E-state index in [0.717, 1.165) is 10.3 Å². The minimum atomic E-state index is -0.605. The van der Waals surface area contributed by atoms with Crippen LogP contribution in [0.25, 0.3) is 0 Å². The number of anilines is 1. The van der Waals surface area contributed by atoms with Crippen molar-refractivity contribution in [2.75, 3.05) is 12.4 Å². The number of benzene rings is 1. The Bertz CT molecular complexity index is 1180. The van der Waals surface area contributed by atoms with E-state index in [1.165, 1.54) is 18.7 Å². The topological polar surface area (TPSA) is 99.4 Å². The maximum Gasteiger partial charge on any atom is 0.337 e. The summed E-state index contributed by atoms with van der Waals surface area (Å²) in [7, 11) is 4.33. The van der Waals surface area contributed by atoms with E-state index in [2.05, 4.69) is 5.32 Å². The quantitative estimate of drug-likeness (QED) is 0.773. The van der Waals surface area contributed by atoms with Crippen molar-refractivity contribution >= 4 is 17.6 Å². The first-order chi connectivity index (χ1) is 13.8. The molecule has 1 atom stereocenters. The van der Waals surface area contributed by atoms with Gasteiger partial charge in [0.15, 0.2) is 5.78 Å². The van der Waals surface area contributed by atoms with Crippen LogP contribution in [0.3, 0.4) is 0 Å². The predicted octanol–water partition coefficient (Wildman–Crippen LogP) is 1.44. The Morgan fingerprint density at radius 2 is 1.76 bits per heavy atom. The van der Waals surface area contributed by atoms with Gasteiger partial charge in [0.05, 0.1) is 18.2 Å². The first-order valence-electron chi connectivity index (χ1n) is 9.36. The van der Waals surface area contributed by atoms with Gasteiger partial charge in [0, 0.05) is 37.7 Å². The molecule has 0 saturated carbocycles. The van der Waals surface area contributed by atoms with Crippen molar-refractivity contribution in [2.24, 2.45) is 14.1 Å². The largest absolute Gasteiger partial charge is 0.465 e. The smallest absolute Gasteiger partial charge is 0.337 e. The van der Waals surface area contributed by atoms with Crippen LogP contribution < -0.4 is 16.6 Å². The average molecular weight is 395 g/mol. The molecule has 2 aromatic rings. The molecule has 1 aliphatic heterocycles. The normalized spacial score (nSPS) is 18.0. The number of ketones is 1. The minimum absolute atomic E-state index is 0.0117. The van der Waals surface area contributed by atoms with E-state index in [-0.39, 0.29) is 5.78 Å². The summed E-state index contributed by atoms with van der Waals surface area (Å²) in [5.74, 6) is -0.670. The Balaban J connectivity index is 1.99. The molecule has 0 spiro atoms. The third-order valence-corrected chi connectivity index (χ3v) is 5.67. The van der Waals surface area contributed by atoms with Crippen LogP contribution in [-0.2, 0) is 23.6 Å². The molecule has 0 saturated heterocycles. The molecule has 8 nitrogen and oxygen atoms in total. The molecule has 0 radical (unpaired) electrons. The fourth-order valence-corrected chi connectivity index (χ4v) is 4.16. The molecule has 4 rings (SSSR count). The van der Waals surface area contributed by atoms with E-state index in [0.29, 0.717) is 47.3 Å². The number of ether oxygens (including phenoxy) is 1. The number of carbonyl (C=O) groups is 2. The molecule has 0 fully saturated rings. The zero-order valence-corrected chi connectivity index (χ0v) is 16.4. The molecule has 1 aliphatic carbocycles. The van der Waals surface area contributed by atoms with Crippen molar-refractivity contribution in [3.63, 3.8) is 0 Å². The summed E-state index contributed by atoms with van der Waals surface area (Å²) in [6.45, 7) is 0. The van der Waals surface area contributed by atoms with Gasteiger partial charge in [-0.25, -0.2) is 9.59 Å². The van der Waals surface area contributed by atoms with Gasteiger partial charge in [-0.3, -0.25) is 18.7 Å².